The number of rotatable bonds is 7. The second-order valence-electron chi connectivity index (χ2n) is 4.24. The van der Waals surface area contributed by atoms with Gasteiger partial charge in [0.2, 0.25) is 5.91 Å². The molecule has 0 fully saturated rings. The predicted molar refractivity (Wildman–Crippen MR) is 80.7 cm³/mol. The maximum absolute atomic E-state index is 11.7. The second-order valence-corrected chi connectivity index (χ2v) is 4.24. The summed E-state index contributed by atoms with van der Waals surface area (Å²) in [6, 6.07) is 7.26. The summed E-state index contributed by atoms with van der Waals surface area (Å²) in [5.41, 5.74) is 0.761. The Morgan fingerprint density at radius 2 is 1.81 bits per heavy atom. The number of carbonyl (C=O) groups is 2. The Morgan fingerprint density at radius 3 is 2.33 bits per heavy atom. The minimum absolute atomic E-state index is 0.0928. The van der Waals surface area contributed by atoms with Gasteiger partial charge in [-0.15, -0.1) is 0 Å². The van der Waals surface area contributed by atoms with Crippen LogP contribution in [-0.4, -0.2) is 38.3 Å². The van der Waals surface area contributed by atoms with Gasteiger partial charge in [0, 0.05) is 25.7 Å². The highest BCUT2D eigenvalue weighted by Gasteiger charge is 2.12. The smallest absolute Gasteiger partial charge is 0.407 e. The molecule has 0 heterocycles. The monoisotopic (exact) mass is 294 g/mol. The maximum Gasteiger partial charge on any atom is 0.407 e. The van der Waals surface area contributed by atoms with Gasteiger partial charge in [-0.25, -0.2) is 4.79 Å². The van der Waals surface area contributed by atoms with Crippen molar-refractivity contribution in [2.45, 2.75) is 20.8 Å². The normalized spacial score (nSPS) is 9.86. The molecule has 21 heavy (non-hydrogen) atoms. The third kappa shape index (κ3) is 5.72. The molecular weight excluding hydrogens is 272 g/mol. The predicted octanol–water partition coefficient (Wildman–Crippen LogP) is 2.18. The molecule has 0 aromatic heterocycles. The van der Waals surface area contributed by atoms with Crippen LogP contribution >= 0.6 is 0 Å². The van der Waals surface area contributed by atoms with E-state index < -0.39 is 6.09 Å². The fraction of sp³-hybridized carbons (Fsp3) is 0.467. The maximum atomic E-state index is 11.7. The van der Waals surface area contributed by atoms with E-state index in [9.17, 15) is 9.59 Å². The molecule has 1 rings (SSSR count). The summed E-state index contributed by atoms with van der Waals surface area (Å²) in [5, 5.41) is 2.59. The van der Waals surface area contributed by atoms with E-state index in [0.29, 0.717) is 26.3 Å². The van der Waals surface area contributed by atoms with Gasteiger partial charge >= 0.3 is 6.09 Å². The number of nitrogens with zero attached hydrogens (tertiary/aromatic N) is 1. The molecule has 0 unspecified atom stereocenters. The zero-order chi connectivity index (χ0) is 15.7. The van der Waals surface area contributed by atoms with E-state index >= 15 is 0 Å². The average Bonchev–Trinajstić information content (AvgIpc) is 2.45. The van der Waals surface area contributed by atoms with E-state index in [2.05, 4.69) is 5.32 Å². The standard InChI is InChI=1S/C15H22N2O4/c1-4-20-14-8-6-13(7-9-14)17(12(3)18)11-10-16-15(19)21-5-2/h6-9H,4-5,10-11H2,1-3H3,(H,16,19). The van der Waals surface area contributed by atoms with Crippen molar-refractivity contribution in [3.8, 4) is 5.75 Å². The third-order valence-electron chi connectivity index (χ3n) is 2.72. The van der Waals surface area contributed by atoms with Gasteiger partial charge in [0.25, 0.3) is 0 Å². The molecular formula is C15H22N2O4. The first kappa shape index (κ1) is 16.8. The quantitative estimate of drug-likeness (QED) is 0.837. The molecule has 0 radical (unpaired) electrons. The summed E-state index contributed by atoms with van der Waals surface area (Å²) >= 11 is 0. The summed E-state index contributed by atoms with van der Waals surface area (Å²) < 4.78 is 10.1. The lowest BCUT2D eigenvalue weighted by Gasteiger charge is -2.21. The molecule has 2 amide bonds. The van der Waals surface area contributed by atoms with E-state index in [1.165, 1.54) is 6.92 Å². The van der Waals surface area contributed by atoms with Gasteiger partial charge < -0.3 is 19.7 Å². The number of anilines is 1. The van der Waals surface area contributed by atoms with E-state index in [1.807, 2.05) is 31.2 Å². The molecule has 1 N–H and O–H groups in total. The summed E-state index contributed by atoms with van der Waals surface area (Å²) in [5.74, 6) is 0.666. The summed E-state index contributed by atoms with van der Waals surface area (Å²) in [4.78, 5) is 24.5. The topological polar surface area (TPSA) is 67.9 Å². The number of alkyl carbamates (subject to hydrolysis) is 1. The van der Waals surface area contributed by atoms with Gasteiger partial charge in [0.15, 0.2) is 0 Å². The molecule has 0 aliphatic heterocycles. The van der Waals surface area contributed by atoms with Crippen molar-refractivity contribution in [2.24, 2.45) is 0 Å². The SMILES string of the molecule is CCOC(=O)NCCN(C(C)=O)c1ccc(OCC)cc1. The Morgan fingerprint density at radius 1 is 1.14 bits per heavy atom. The lowest BCUT2D eigenvalue weighted by Crippen LogP contribution is -2.37. The van der Waals surface area contributed by atoms with E-state index in [4.69, 9.17) is 9.47 Å². The van der Waals surface area contributed by atoms with Crippen molar-refractivity contribution < 1.29 is 19.1 Å². The van der Waals surface area contributed by atoms with E-state index in [0.717, 1.165) is 11.4 Å². The van der Waals surface area contributed by atoms with Crippen LogP contribution in [0.3, 0.4) is 0 Å². The first-order valence-corrected chi connectivity index (χ1v) is 7.00. The molecule has 116 valence electrons. The van der Waals surface area contributed by atoms with Crippen molar-refractivity contribution >= 4 is 17.7 Å². The van der Waals surface area contributed by atoms with Crippen molar-refractivity contribution in [1.82, 2.24) is 5.32 Å². The molecule has 6 nitrogen and oxygen atoms in total. The molecule has 0 bridgehead atoms. The van der Waals surface area contributed by atoms with Crippen LogP contribution in [0.5, 0.6) is 5.75 Å². The Hall–Kier alpha value is -2.24. The second kappa shape index (κ2) is 8.84. The molecule has 1 aromatic carbocycles. The first-order valence-electron chi connectivity index (χ1n) is 7.00. The largest absolute Gasteiger partial charge is 0.494 e. The van der Waals surface area contributed by atoms with Crippen LogP contribution in [0, 0.1) is 0 Å². The number of hydrogen-bond acceptors (Lipinski definition) is 4. The highest BCUT2D eigenvalue weighted by atomic mass is 16.5. The van der Waals surface area contributed by atoms with Crippen molar-refractivity contribution in [1.29, 1.82) is 0 Å². The van der Waals surface area contributed by atoms with Crippen LogP contribution in [0.1, 0.15) is 20.8 Å². The number of hydrogen-bond donors (Lipinski definition) is 1. The lowest BCUT2D eigenvalue weighted by molar-refractivity contribution is -0.116. The number of benzene rings is 1. The van der Waals surface area contributed by atoms with E-state index in [-0.39, 0.29) is 5.91 Å². The molecule has 0 aliphatic carbocycles. The Bertz CT molecular complexity index is 459. The average molecular weight is 294 g/mol. The Labute approximate surface area is 125 Å². The lowest BCUT2D eigenvalue weighted by atomic mass is 10.2. The first-order chi connectivity index (χ1) is 10.1. The summed E-state index contributed by atoms with van der Waals surface area (Å²) in [7, 11) is 0. The number of ether oxygens (including phenoxy) is 2. The van der Waals surface area contributed by atoms with Crippen molar-refractivity contribution in [3.05, 3.63) is 24.3 Å². The fourth-order valence-electron chi connectivity index (χ4n) is 1.81. The van der Waals surface area contributed by atoms with Gasteiger partial charge in [0.05, 0.1) is 13.2 Å². The summed E-state index contributed by atoms with van der Waals surface area (Å²) in [6.45, 7) is 6.76. The zero-order valence-corrected chi connectivity index (χ0v) is 12.7. The number of carbonyl (C=O) groups excluding carboxylic acids is 2. The van der Waals surface area contributed by atoms with Gasteiger partial charge in [0.1, 0.15) is 5.75 Å². The third-order valence-corrected chi connectivity index (χ3v) is 2.72. The molecule has 6 heteroatoms. The zero-order valence-electron chi connectivity index (χ0n) is 12.7. The Balaban J connectivity index is 2.60. The minimum atomic E-state index is -0.479. The van der Waals surface area contributed by atoms with Gasteiger partial charge in [-0.05, 0) is 38.1 Å². The van der Waals surface area contributed by atoms with Crippen LogP contribution in [0.2, 0.25) is 0 Å². The van der Waals surface area contributed by atoms with Crippen LogP contribution in [0.15, 0.2) is 24.3 Å². The highest BCUT2D eigenvalue weighted by Crippen LogP contribution is 2.19. The highest BCUT2D eigenvalue weighted by molar-refractivity contribution is 5.91. The molecule has 0 spiro atoms. The number of nitrogens with one attached hydrogen (secondary N) is 1. The van der Waals surface area contributed by atoms with Crippen LogP contribution < -0.4 is 15.0 Å². The molecule has 0 saturated carbocycles. The fourth-order valence-corrected chi connectivity index (χ4v) is 1.81. The van der Waals surface area contributed by atoms with Crippen molar-refractivity contribution in [2.75, 3.05) is 31.2 Å². The molecule has 1 aromatic rings. The van der Waals surface area contributed by atoms with Gasteiger partial charge in [-0.3, -0.25) is 4.79 Å². The number of amides is 2. The summed E-state index contributed by atoms with van der Waals surface area (Å²) in [6.07, 6.45) is -0.479. The van der Waals surface area contributed by atoms with Gasteiger partial charge in [-0.1, -0.05) is 0 Å². The Kier molecular flexibility index (Phi) is 7.08. The minimum Gasteiger partial charge on any atom is -0.494 e. The van der Waals surface area contributed by atoms with Crippen LogP contribution in [0.4, 0.5) is 10.5 Å². The van der Waals surface area contributed by atoms with Crippen molar-refractivity contribution in [3.63, 3.8) is 0 Å². The molecule has 0 aliphatic rings. The van der Waals surface area contributed by atoms with Gasteiger partial charge in [-0.2, -0.15) is 0 Å². The molecule has 0 saturated heterocycles. The van der Waals surface area contributed by atoms with Crippen LogP contribution in [0.25, 0.3) is 0 Å². The van der Waals surface area contributed by atoms with Crippen LogP contribution in [-0.2, 0) is 9.53 Å². The molecule has 0 atom stereocenters. The van der Waals surface area contributed by atoms with E-state index in [1.54, 1.807) is 11.8 Å².